The maximum absolute atomic E-state index is 12.6. The average Bonchev–Trinajstić information content (AvgIpc) is 2.87. The van der Waals surface area contributed by atoms with Gasteiger partial charge in [-0.2, -0.15) is 5.26 Å². The van der Waals surface area contributed by atoms with Crippen molar-refractivity contribution in [1.29, 1.82) is 5.26 Å². The SMILES string of the molecule is COc1ccc(CNC(=O)/C(C#N)=C/c2ccc(OCc3ccc(Cl)c(Cl)c3)c(Cl)c2)c(OC)c1. The molecule has 0 aliphatic carbocycles. The number of amides is 1. The first kappa shape index (κ1) is 26.2. The number of benzene rings is 3. The van der Waals surface area contributed by atoms with Crippen molar-refractivity contribution in [1.82, 2.24) is 5.32 Å². The summed E-state index contributed by atoms with van der Waals surface area (Å²) in [6.07, 6.45) is 1.45. The first-order chi connectivity index (χ1) is 16.8. The molecule has 180 valence electrons. The van der Waals surface area contributed by atoms with Crippen LogP contribution in [-0.2, 0) is 17.9 Å². The second-order valence-corrected chi connectivity index (χ2v) is 8.48. The Morgan fingerprint density at radius 1 is 0.943 bits per heavy atom. The first-order valence-corrected chi connectivity index (χ1v) is 11.4. The summed E-state index contributed by atoms with van der Waals surface area (Å²) in [5.41, 5.74) is 2.07. The Hall–Kier alpha value is -3.37. The van der Waals surface area contributed by atoms with Gasteiger partial charge in [-0.05, 0) is 53.6 Å². The number of hydrogen-bond acceptors (Lipinski definition) is 5. The van der Waals surface area contributed by atoms with E-state index in [1.165, 1.54) is 13.2 Å². The van der Waals surface area contributed by atoms with E-state index >= 15 is 0 Å². The van der Waals surface area contributed by atoms with E-state index in [0.717, 1.165) is 11.1 Å². The standard InChI is InChI=1S/C26H21Cl3N2O4/c1-33-20-6-5-18(25(12-20)34-2)14-31-26(32)19(13-30)9-16-4-8-24(23(29)10-16)35-15-17-3-7-21(27)22(28)11-17/h3-12H,14-15H2,1-2H3,(H,31,32)/b19-9+. The molecule has 9 heteroatoms. The van der Waals surface area contributed by atoms with Crippen LogP contribution in [0.1, 0.15) is 16.7 Å². The van der Waals surface area contributed by atoms with E-state index in [-0.39, 0.29) is 18.7 Å². The highest BCUT2D eigenvalue weighted by Gasteiger charge is 2.12. The molecule has 0 atom stereocenters. The maximum atomic E-state index is 12.6. The van der Waals surface area contributed by atoms with Gasteiger partial charge in [-0.25, -0.2) is 0 Å². The van der Waals surface area contributed by atoms with Gasteiger partial charge in [0, 0.05) is 18.2 Å². The van der Waals surface area contributed by atoms with Crippen LogP contribution in [0.5, 0.6) is 17.2 Å². The lowest BCUT2D eigenvalue weighted by Gasteiger charge is -2.11. The number of halogens is 3. The third-order valence-corrected chi connectivity index (χ3v) is 5.98. The number of carbonyl (C=O) groups excluding carboxylic acids is 1. The van der Waals surface area contributed by atoms with Gasteiger partial charge in [0.1, 0.15) is 35.5 Å². The maximum Gasteiger partial charge on any atom is 0.262 e. The molecule has 3 rings (SSSR count). The van der Waals surface area contributed by atoms with E-state index in [1.54, 1.807) is 61.7 Å². The van der Waals surface area contributed by atoms with E-state index in [0.29, 0.717) is 37.9 Å². The van der Waals surface area contributed by atoms with Gasteiger partial charge < -0.3 is 19.5 Å². The average molecular weight is 532 g/mol. The van der Waals surface area contributed by atoms with Crippen LogP contribution in [0, 0.1) is 11.3 Å². The van der Waals surface area contributed by atoms with Crippen molar-refractivity contribution in [3.05, 3.63) is 91.9 Å². The summed E-state index contributed by atoms with van der Waals surface area (Å²) in [5.74, 6) is 1.12. The zero-order chi connectivity index (χ0) is 25.4. The Morgan fingerprint density at radius 3 is 2.40 bits per heavy atom. The van der Waals surface area contributed by atoms with Gasteiger partial charge in [-0.1, -0.05) is 46.9 Å². The zero-order valence-corrected chi connectivity index (χ0v) is 21.2. The molecule has 0 heterocycles. The molecule has 0 aliphatic rings. The molecule has 3 aromatic rings. The second kappa shape index (κ2) is 12.4. The van der Waals surface area contributed by atoms with Gasteiger partial charge in [-0.3, -0.25) is 4.79 Å². The molecule has 6 nitrogen and oxygen atoms in total. The Balaban J connectivity index is 1.66. The van der Waals surface area contributed by atoms with E-state index in [1.807, 2.05) is 6.07 Å². The van der Waals surface area contributed by atoms with Gasteiger partial charge in [0.25, 0.3) is 5.91 Å². The monoisotopic (exact) mass is 530 g/mol. The van der Waals surface area contributed by atoms with Gasteiger partial charge in [0.15, 0.2) is 0 Å². The number of ether oxygens (including phenoxy) is 3. The lowest BCUT2D eigenvalue weighted by Crippen LogP contribution is -2.24. The Bertz CT molecular complexity index is 1300. The fourth-order valence-corrected chi connectivity index (χ4v) is 3.66. The number of nitrogens with one attached hydrogen (secondary N) is 1. The van der Waals surface area contributed by atoms with E-state index in [4.69, 9.17) is 49.0 Å². The molecule has 0 saturated heterocycles. The number of rotatable bonds is 9. The van der Waals surface area contributed by atoms with Crippen LogP contribution in [0.2, 0.25) is 15.1 Å². The van der Waals surface area contributed by atoms with Crippen LogP contribution in [0.3, 0.4) is 0 Å². The van der Waals surface area contributed by atoms with Crippen molar-refractivity contribution >= 4 is 46.8 Å². The van der Waals surface area contributed by atoms with Crippen LogP contribution in [0.25, 0.3) is 6.08 Å². The zero-order valence-electron chi connectivity index (χ0n) is 18.9. The number of methoxy groups -OCH3 is 2. The van der Waals surface area contributed by atoms with Crippen molar-refractivity contribution in [2.75, 3.05) is 14.2 Å². The number of hydrogen-bond donors (Lipinski definition) is 1. The first-order valence-electron chi connectivity index (χ1n) is 10.3. The van der Waals surface area contributed by atoms with Crippen LogP contribution in [0.15, 0.2) is 60.2 Å². The molecule has 0 radical (unpaired) electrons. The van der Waals surface area contributed by atoms with Gasteiger partial charge in [-0.15, -0.1) is 0 Å². The predicted octanol–water partition coefficient (Wildman–Crippen LogP) is 6.47. The van der Waals surface area contributed by atoms with E-state index in [2.05, 4.69) is 5.32 Å². The highest BCUT2D eigenvalue weighted by molar-refractivity contribution is 6.42. The molecule has 1 N–H and O–H groups in total. The van der Waals surface area contributed by atoms with Crippen LogP contribution in [-0.4, -0.2) is 20.1 Å². The molecular formula is C26H21Cl3N2O4. The summed E-state index contributed by atoms with van der Waals surface area (Å²) in [5, 5.41) is 13.5. The fourth-order valence-electron chi connectivity index (χ4n) is 3.10. The minimum atomic E-state index is -0.526. The minimum Gasteiger partial charge on any atom is -0.497 e. The lowest BCUT2D eigenvalue weighted by atomic mass is 10.1. The molecule has 0 bridgehead atoms. The largest absolute Gasteiger partial charge is 0.497 e. The van der Waals surface area contributed by atoms with Gasteiger partial charge >= 0.3 is 0 Å². The summed E-state index contributed by atoms with van der Waals surface area (Å²) in [7, 11) is 3.09. The molecule has 0 aliphatic heterocycles. The molecule has 0 saturated carbocycles. The Labute approximate surface area is 218 Å². The van der Waals surface area contributed by atoms with Gasteiger partial charge in [0.2, 0.25) is 0 Å². The van der Waals surface area contributed by atoms with Crippen LogP contribution in [0.4, 0.5) is 0 Å². The molecule has 0 unspecified atom stereocenters. The fraction of sp³-hybridized carbons (Fsp3) is 0.154. The minimum absolute atomic E-state index is 0.0713. The van der Waals surface area contributed by atoms with Crippen LogP contribution < -0.4 is 19.5 Å². The third-order valence-electron chi connectivity index (χ3n) is 4.94. The van der Waals surface area contributed by atoms with Crippen molar-refractivity contribution < 1.29 is 19.0 Å². The lowest BCUT2D eigenvalue weighted by molar-refractivity contribution is -0.117. The smallest absolute Gasteiger partial charge is 0.262 e. The van der Waals surface area contributed by atoms with Crippen molar-refractivity contribution in [3.8, 4) is 23.3 Å². The summed E-state index contributed by atoms with van der Waals surface area (Å²) in [6.45, 7) is 0.416. The summed E-state index contributed by atoms with van der Waals surface area (Å²) >= 11 is 18.3. The highest BCUT2D eigenvalue weighted by atomic mass is 35.5. The van der Waals surface area contributed by atoms with E-state index in [9.17, 15) is 10.1 Å². The summed E-state index contributed by atoms with van der Waals surface area (Å²) < 4.78 is 16.3. The molecule has 0 spiro atoms. The topological polar surface area (TPSA) is 80.6 Å². The van der Waals surface area contributed by atoms with Crippen molar-refractivity contribution in [3.63, 3.8) is 0 Å². The molecular weight excluding hydrogens is 511 g/mol. The summed E-state index contributed by atoms with van der Waals surface area (Å²) in [6, 6.07) is 17.4. The number of nitrogens with zero attached hydrogens (tertiary/aromatic N) is 1. The number of nitriles is 1. The van der Waals surface area contributed by atoms with E-state index < -0.39 is 5.91 Å². The second-order valence-electron chi connectivity index (χ2n) is 7.26. The van der Waals surface area contributed by atoms with Crippen LogP contribution >= 0.6 is 34.8 Å². The molecule has 35 heavy (non-hydrogen) atoms. The molecule has 0 aromatic heterocycles. The summed E-state index contributed by atoms with van der Waals surface area (Å²) in [4.78, 5) is 12.6. The van der Waals surface area contributed by atoms with Crippen molar-refractivity contribution in [2.24, 2.45) is 0 Å². The quantitative estimate of drug-likeness (QED) is 0.253. The van der Waals surface area contributed by atoms with Crippen molar-refractivity contribution in [2.45, 2.75) is 13.2 Å². The Morgan fingerprint density at radius 2 is 1.74 bits per heavy atom. The third kappa shape index (κ3) is 7.06. The molecule has 1 amide bonds. The molecule has 3 aromatic carbocycles. The number of carbonyl (C=O) groups is 1. The predicted molar refractivity (Wildman–Crippen MR) is 137 cm³/mol. The molecule has 0 fully saturated rings. The van der Waals surface area contributed by atoms with Gasteiger partial charge in [0.05, 0.1) is 29.3 Å². The highest BCUT2D eigenvalue weighted by Crippen LogP contribution is 2.29. The Kier molecular flexibility index (Phi) is 9.27. The normalized spacial score (nSPS) is 10.9.